The topological polar surface area (TPSA) is 107 Å². The molecule has 1 aromatic heterocycles. The molecule has 3 N–H and O–H groups in total. The Morgan fingerprint density at radius 1 is 1.14 bits per heavy atom. The van der Waals surface area contributed by atoms with Crippen molar-refractivity contribution in [3.8, 4) is 11.1 Å². The number of nitrogens with one attached hydrogen (secondary N) is 1. The largest absolute Gasteiger partial charge is 0.478 e. The molecule has 1 aliphatic rings. The first-order valence-corrected chi connectivity index (χ1v) is 12.7. The summed E-state index contributed by atoms with van der Waals surface area (Å²) in [6, 6.07) is 11.9. The molecule has 7 nitrogen and oxygen atoms in total. The molecule has 2 aromatic carbocycles. The number of thiophene rings is 1. The van der Waals surface area contributed by atoms with Gasteiger partial charge < -0.3 is 15.5 Å². The van der Waals surface area contributed by atoms with Crippen molar-refractivity contribution in [1.82, 2.24) is 4.90 Å². The number of carboxylic acid groups (broad SMARTS) is 1. The van der Waals surface area contributed by atoms with E-state index in [-0.39, 0.29) is 37.0 Å². The van der Waals surface area contributed by atoms with E-state index < -0.39 is 11.8 Å². The van der Waals surface area contributed by atoms with Gasteiger partial charge in [-0.25, -0.2) is 9.18 Å². The van der Waals surface area contributed by atoms with E-state index >= 15 is 0 Å². The van der Waals surface area contributed by atoms with Crippen molar-refractivity contribution in [1.29, 1.82) is 0 Å². The van der Waals surface area contributed by atoms with Gasteiger partial charge in [0.05, 0.1) is 17.1 Å². The minimum absolute atomic E-state index is 0.0120. The molecule has 0 radical (unpaired) electrons. The molecule has 184 valence electrons. The van der Waals surface area contributed by atoms with Crippen LogP contribution in [0.15, 0.2) is 58.8 Å². The number of aliphatic hydroxyl groups is 1. The molecule has 1 fully saturated rings. The van der Waals surface area contributed by atoms with Crippen LogP contribution in [0.1, 0.15) is 27.2 Å². The number of amides is 2. The molecule has 2 heterocycles. The van der Waals surface area contributed by atoms with Crippen LogP contribution in [0.25, 0.3) is 17.2 Å². The van der Waals surface area contributed by atoms with Crippen LogP contribution in [-0.4, -0.2) is 43.8 Å². The molecular weight excluding hydrogens is 523 g/mol. The van der Waals surface area contributed by atoms with Crippen molar-refractivity contribution in [2.45, 2.75) is 13.0 Å². The Morgan fingerprint density at radius 3 is 2.58 bits per heavy atom. The second-order valence-electron chi connectivity index (χ2n) is 7.71. The number of benzene rings is 2. The van der Waals surface area contributed by atoms with E-state index in [4.69, 9.17) is 17.3 Å². The number of carbonyl (C=O) groups is 3. The third-order valence-corrected chi connectivity index (χ3v) is 7.55. The molecule has 36 heavy (non-hydrogen) atoms. The summed E-state index contributed by atoms with van der Waals surface area (Å²) in [6.07, 6.45) is 1.73. The zero-order valence-corrected chi connectivity index (χ0v) is 21.0. The summed E-state index contributed by atoms with van der Waals surface area (Å²) in [7, 11) is 0. The molecule has 4 rings (SSSR count). The minimum atomic E-state index is -1.06. The van der Waals surface area contributed by atoms with Crippen LogP contribution in [-0.2, 0) is 16.2 Å². The van der Waals surface area contributed by atoms with Gasteiger partial charge in [0.15, 0.2) is 0 Å². The van der Waals surface area contributed by atoms with Gasteiger partial charge in [0.25, 0.3) is 5.91 Å². The smallest absolute Gasteiger partial charge is 0.335 e. The summed E-state index contributed by atoms with van der Waals surface area (Å²) in [5.74, 6) is -2.11. The fraction of sp³-hybridized carbons (Fsp3) is 0.120. The third kappa shape index (κ3) is 5.88. The van der Waals surface area contributed by atoms with Crippen LogP contribution >= 0.6 is 35.3 Å². The van der Waals surface area contributed by atoms with E-state index in [2.05, 4.69) is 5.32 Å². The van der Waals surface area contributed by atoms with Crippen molar-refractivity contribution < 1.29 is 29.0 Å². The van der Waals surface area contributed by atoms with Crippen LogP contribution in [0.5, 0.6) is 0 Å². The Kier molecular flexibility index (Phi) is 7.94. The van der Waals surface area contributed by atoms with Crippen molar-refractivity contribution in [3.05, 3.63) is 80.6 Å². The van der Waals surface area contributed by atoms with Gasteiger partial charge in [-0.05, 0) is 70.6 Å². The molecule has 0 spiro atoms. The van der Waals surface area contributed by atoms with Crippen molar-refractivity contribution in [2.24, 2.45) is 0 Å². The van der Waals surface area contributed by atoms with Gasteiger partial charge in [-0.2, -0.15) is 0 Å². The van der Waals surface area contributed by atoms with Crippen LogP contribution in [0.2, 0.25) is 0 Å². The van der Waals surface area contributed by atoms with Gasteiger partial charge in [0, 0.05) is 23.5 Å². The summed E-state index contributed by atoms with van der Waals surface area (Å²) < 4.78 is 13.8. The third-order valence-electron chi connectivity index (χ3n) is 5.29. The van der Waals surface area contributed by atoms with Crippen LogP contribution in [0.3, 0.4) is 0 Å². The molecule has 0 saturated carbocycles. The lowest BCUT2D eigenvalue weighted by Crippen LogP contribution is -2.31. The summed E-state index contributed by atoms with van der Waals surface area (Å²) in [6.45, 7) is -0.190. The van der Waals surface area contributed by atoms with Crippen molar-refractivity contribution >= 4 is 69.2 Å². The average molecular weight is 543 g/mol. The standard InChI is InChI=1S/C25H19FN2O5S3/c26-17-3-6-20(15(9-17)12-29)16-10-19(35-13-16)11-21-23(31)28(25(34)36-21)8-7-22(30)27-18-4-1-14(2-5-18)24(32)33/h1-6,9-11,13,29H,7-8,12H2,(H,27,30)(H,32,33)/b21-11-. The molecule has 2 amide bonds. The normalized spacial score (nSPS) is 14.5. The molecule has 0 unspecified atom stereocenters. The van der Waals surface area contributed by atoms with Gasteiger partial charge in [-0.15, -0.1) is 11.3 Å². The number of aliphatic hydroxyl groups excluding tert-OH is 1. The summed E-state index contributed by atoms with van der Waals surface area (Å²) in [5, 5.41) is 23.0. The Hall–Kier alpha value is -3.38. The maximum atomic E-state index is 13.5. The van der Waals surface area contributed by atoms with Crippen LogP contribution < -0.4 is 5.32 Å². The van der Waals surface area contributed by atoms with E-state index in [1.807, 2.05) is 11.4 Å². The van der Waals surface area contributed by atoms with Gasteiger partial charge in [0.2, 0.25) is 5.91 Å². The van der Waals surface area contributed by atoms with E-state index in [9.17, 15) is 23.9 Å². The van der Waals surface area contributed by atoms with Gasteiger partial charge in [0.1, 0.15) is 10.1 Å². The first-order chi connectivity index (χ1) is 17.2. The average Bonchev–Trinajstić information content (AvgIpc) is 3.42. The number of hydrogen-bond donors (Lipinski definition) is 3. The maximum absolute atomic E-state index is 13.5. The van der Waals surface area contributed by atoms with Crippen molar-refractivity contribution in [3.63, 3.8) is 0 Å². The predicted molar refractivity (Wildman–Crippen MR) is 142 cm³/mol. The number of hydrogen-bond acceptors (Lipinski definition) is 7. The van der Waals surface area contributed by atoms with Crippen molar-refractivity contribution in [2.75, 3.05) is 11.9 Å². The molecule has 0 aliphatic carbocycles. The van der Waals surface area contributed by atoms with Gasteiger partial charge >= 0.3 is 5.97 Å². The first-order valence-electron chi connectivity index (χ1n) is 10.6. The van der Waals surface area contributed by atoms with Crippen LogP contribution in [0, 0.1) is 5.82 Å². The lowest BCUT2D eigenvalue weighted by atomic mass is 10.0. The van der Waals surface area contributed by atoms with E-state index in [1.54, 1.807) is 12.1 Å². The van der Waals surface area contributed by atoms with Gasteiger partial charge in [-0.1, -0.05) is 30.0 Å². The SMILES string of the molecule is O=C(CCN1C(=O)/C(=C/c2cc(-c3ccc(F)cc3CO)cs2)SC1=S)Nc1ccc(C(=O)O)cc1. The second kappa shape index (κ2) is 11.1. The fourth-order valence-corrected chi connectivity index (χ4v) is 5.71. The Bertz CT molecular complexity index is 1380. The molecule has 1 aliphatic heterocycles. The van der Waals surface area contributed by atoms with E-state index in [1.165, 1.54) is 52.6 Å². The molecule has 1 saturated heterocycles. The number of anilines is 1. The number of carboxylic acids is 1. The second-order valence-corrected chi connectivity index (χ2v) is 10.3. The number of thiocarbonyl (C=S) groups is 1. The van der Waals surface area contributed by atoms with E-state index in [0.29, 0.717) is 26.0 Å². The van der Waals surface area contributed by atoms with E-state index in [0.717, 1.165) is 22.2 Å². The number of carbonyl (C=O) groups excluding carboxylic acids is 2. The lowest BCUT2D eigenvalue weighted by Gasteiger charge is -2.14. The number of halogens is 1. The predicted octanol–water partition coefficient (Wildman–Crippen LogP) is 4.97. The zero-order chi connectivity index (χ0) is 25.8. The number of aromatic carboxylic acids is 1. The summed E-state index contributed by atoms with van der Waals surface area (Å²) >= 11 is 7.89. The maximum Gasteiger partial charge on any atom is 0.335 e. The number of rotatable bonds is 8. The highest BCUT2D eigenvalue weighted by atomic mass is 32.2. The Balaban J connectivity index is 1.39. The quantitative estimate of drug-likeness (QED) is 0.272. The number of nitrogens with zero attached hydrogens (tertiary/aromatic N) is 1. The fourth-order valence-electron chi connectivity index (χ4n) is 3.50. The first kappa shape index (κ1) is 25.7. The zero-order valence-electron chi connectivity index (χ0n) is 18.6. The highest BCUT2D eigenvalue weighted by Crippen LogP contribution is 2.35. The number of thioether (sulfide) groups is 1. The summed E-state index contributed by atoms with van der Waals surface area (Å²) in [5.41, 5.74) is 2.56. The molecular formula is C25H19FN2O5S3. The minimum Gasteiger partial charge on any atom is -0.478 e. The monoisotopic (exact) mass is 542 g/mol. The molecule has 0 bridgehead atoms. The lowest BCUT2D eigenvalue weighted by molar-refractivity contribution is -0.122. The highest BCUT2D eigenvalue weighted by molar-refractivity contribution is 8.26. The molecule has 11 heteroatoms. The van der Waals surface area contributed by atoms with Crippen LogP contribution in [0.4, 0.5) is 10.1 Å². The highest BCUT2D eigenvalue weighted by Gasteiger charge is 2.32. The Morgan fingerprint density at radius 2 is 1.89 bits per heavy atom. The Labute approximate surface area is 219 Å². The summed E-state index contributed by atoms with van der Waals surface area (Å²) in [4.78, 5) is 38.7. The molecule has 3 aromatic rings. The van der Waals surface area contributed by atoms with Gasteiger partial charge in [-0.3, -0.25) is 14.5 Å². The molecule has 0 atom stereocenters.